The summed E-state index contributed by atoms with van der Waals surface area (Å²) < 4.78 is 0. The van der Waals surface area contributed by atoms with Crippen LogP contribution < -0.4 is 5.32 Å². The first-order valence-electron chi connectivity index (χ1n) is 6.90. The number of pyridine rings is 1. The summed E-state index contributed by atoms with van der Waals surface area (Å²) in [5, 5.41) is 13.9. The molecule has 7 heteroatoms. The molecule has 2 heterocycles. The van der Waals surface area contributed by atoms with Crippen molar-refractivity contribution >= 4 is 17.2 Å². The summed E-state index contributed by atoms with van der Waals surface area (Å²) in [6.07, 6.45) is 3.21. The number of nitrogens with zero attached hydrogens (tertiary/aromatic N) is 4. The standard InChI is InChI=1S/C16H13N5O2/c1-11-8-10-18-15(19-11)12-4-6-13(7-5-12)20-16-14(21(22)23)3-2-9-17-16/h2-10H,1H3,(H,17,20). The van der Waals surface area contributed by atoms with Gasteiger partial charge in [0.2, 0.25) is 5.82 Å². The molecule has 0 aliphatic rings. The number of hydrogen-bond acceptors (Lipinski definition) is 6. The quantitative estimate of drug-likeness (QED) is 0.585. The van der Waals surface area contributed by atoms with Crippen LogP contribution in [-0.2, 0) is 0 Å². The summed E-state index contributed by atoms with van der Waals surface area (Å²) >= 11 is 0. The van der Waals surface area contributed by atoms with Crippen molar-refractivity contribution in [2.24, 2.45) is 0 Å². The Bertz CT molecular complexity index is 849. The van der Waals surface area contributed by atoms with Crippen molar-refractivity contribution in [1.82, 2.24) is 15.0 Å². The lowest BCUT2D eigenvalue weighted by Gasteiger charge is -2.07. The third kappa shape index (κ3) is 3.29. The Morgan fingerprint density at radius 2 is 1.83 bits per heavy atom. The average Bonchev–Trinajstić information content (AvgIpc) is 2.56. The van der Waals surface area contributed by atoms with E-state index in [1.54, 1.807) is 18.3 Å². The molecule has 0 amide bonds. The normalized spacial score (nSPS) is 10.3. The van der Waals surface area contributed by atoms with Gasteiger partial charge in [0.05, 0.1) is 4.92 Å². The van der Waals surface area contributed by atoms with E-state index in [1.807, 2.05) is 25.1 Å². The highest BCUT2D eigenvalue weighted by Gasteiger charge is 2.14. The minimum Gasteiger partial charge on any atom is -0.334 e. The molecule has 0 saturated carbocycles. The first kappa shape index (κ1) is 14.6. The van der Waals surface area contributed by atoms with Crippen LogP contribution in [0.4, 0.5) is 17.2 Å². The summed E-state index contributed by atoms with van der Waals surface area (Å²) in [6, 6.07) is 12.1. The lowest BCUT2D eigenvalue weighted by atomic mass is 10.2. The van der Waals surface area contributed by atoms with Crippen molar-refractivity contribution < 1.29 is 4.92 Å². The summed E-state index contributed by atoms with van der Waals surface area (Å²) in [5.74, 6) is 0.845. The van der Waals surface area contributed by atoms with Crippen LogP contribution >= 0.6 is 0 Å². The molecular formula is C16H13N5O2. The van der Waals surface area contributed by atoms with Gasteiger partial charge >= 0.3 is 5.69 Å². The molecule has 0 atom stereocenters. The van der Waals surface area contributed by atoms with Crippen molar-refractivity contribution in [3.63, 3.8) is 0 Å². The van der Waals surface area contributed by atoms with Crippen LogP contribution in [0.5, 0.6) is 0 Å². The van der Waals surface area contributed by atoms with Gasteiger partial charge in [0, 0.05) is 35.4 Å². The lowest BCUT2D eigenvalue weighted by Crippen LogP contribution is -1.99. The first-order valence-corrected chi connectivity index (χ1v) is 6.90. The van der Waals surface area contributed by atoms with E-state index in [0.29, 0.717) is 11.5 Å². The molecule has 0 spiro atoms. The molecule has 23 heavy (non-hydrogen) atoms. The van der Waals surface area contributed by atoms with Crippen molar-refractivity contribution in [3.05, 3.63) is 70.7 Å². The Balaban J connectivity index is 1.85. The second-order valence-corrected chi connectivity index (χ2v) is 4.85. The zero-order valence-corrected chi connectivity index (χ0v) is 12.3. The van der Waals surface area contributed by atoms with E-state index in [9.17, 15) is 10.1 Å². The van der Waals surface area contributed by atoms with Crippen molar-refractivity contribution in [3.8, 4) is 11.4 Å². The molecular weight excluding hydrogens is 294 g/mol. The number of rotatable bonds is 4. The van der Waals surface area contributed by atoms with E-state index in [2.05, 4.69) is 20.3 Å². The van der Waals surface area contributed by atoms with Gasteiger partial charge in [-0.2, -0.15) is 0 Å². The molecule has 2 aromatic heterocycles. The van der Waals surface area contributed by atoms with Gasteiger partial charge in [-0.3, -0.25) is 10.1 Å². The van der Waals surface area contributed by atoms with Crippen molar-refractivity contribution in [2.75, 3.05) is 5.32 Å². The van der Waals surface area contributed by atoms with Crippen molar-refractivity contribution in [1.29, 1.82) is 0 Å². The van der Waals surface area contributed by atoms with E-state index in [1.165, 1.54) is 18.3 Å². The van der Waals surface area contributed by atoms with Gasteiger partial charge in [-0.25, -0.2) is 15.0 Å². The zero-order chi connectivity index (χ0) is 16.2. The minimum atomic E-state index is -0.468. The van der Waals surface area contributed by atoms with Gasteiger partial charge in [0.1, 0.15) is 0 Å². The van der Waals surface area contributed by atoms with E-state index < -0.39 is 4.92 Å². The number of aromatic nitrogens is 3. The Labute approximate surface area is 132 Å². The molecule has 1 N–H and O–H groups in total. The molecule has 0 aliphatic heterocycles. The van der Waals surface area contributed by atoms with Crippen LogP contribution in [0.2, 0.25) is 0 Å². The fraction of sp³-hybridized carbons (Fsp3) is 0.0625. The molecule has 0 radical (unpaired) electrons. The van der Waals surface area contributed by atoms with Crippen LogP contribution in [0.15, 0.2) is 54.9 Å². The van der Waals surface area contributed by atoms with Gasteiger partial charge in [0.15, 0.2) is 5.82 Å². The highest BCUT2D eigenvalue weighted by atomic mass is 16.6. The van der Waals surface area contributed by atoms with Gasteiger partial charge < -0.3 is 5.32 Å². The number of aryl methyl sites for hydroxylation is 1. The Morgan fingerprint density at radius 1 is 1.04 bits per heavy atom. The predicted molar refractivity (Wildman–Crippen MR) is 86.4 cm³/mol. The Hall–Kier alpha value is -3.35. The maximum atomic E-state index is 11.0. The Kier molecular flexibility index (Phi) is 3.92. The fourth-order valence-electron chi connectivity index (χ4n) is 2.07. The van der Waals surface area contributed by atoms with E-state index >= 15 is 0 Å². The van der Waals surface area contributed by atoms with Crippen LogP contribution in [0.1, 0.15) is 5.69 Å². The number of anilines is 2. The maximum absolute atomic E-state index is 11.0. The predicted octanol–water partition coefficient (Wildman–Crippen LogP) is 3.50. The van der Waals surface area contributed by atoms with Gasteiger partial charge in [0.25, 0.3) is 0 Å². The smallest absolute Gasteiger partial charge is 0.311 e. The number of benzene rings is 1. The van der Waals surface area contributed by atoms with Gasteiger partial charge in [-0.1, -0.05) is 0 Å². The zero-order valence-electron chi connectivity index (χ0n) is 12.3. The third-order valence-corrected chi connectivity index (χ3v) is 3.18. The van der Waals surface area contributed by atoms with E-state index in [4.69, 9.17) is 0 Å². The number of nitro groups is 1. The largest absolute Gasteiger partial charge is 0.334 e. The van der Waals surface area contributed by atoms with E-state index in [0.717, 1.165) is 11.3 Å². The van der Waals surface area contributed by atoms with Crippen LogP contribution in [0, 0.1) is 17.0 Å². The average molecular weight is 307 g/mol. The second-order valence-electron chi connectivity index (χ2n) is 4.85. The monoisotopic (exact) mass is 307 g/mol. The van der Waals surface area contributed by atoms with Crippen molar-refractivity contribution in [2.45, 2.75) is 6.92 Å². The molecule has 0 fully saturated rings. The summed E-state index contributed by atoms with van der Waals surface area (Å²) in [6.45, 7) is 1.90. The molecule has 0 aliphatic carbocycles. The van der Waals surface area contributed by atoms with Gasteiger partial charge in [-0.15, -0.1) is 0 Å². The first-order chi connectivity index (χ1) is 11.1. The topological polar surface area (TPSA) is 93.8 Å². The Morgan fingerprint density at radius 3 is 2.52 bits per heavy atom. The van der Waals surface area contributed by atoms with Crippen LogP contribution in [0.25, 0.3) is 11.4 Å². The SMILES string of the molecule is Cc1ccnc(-c2ccc(Nc3ncccc3[N+](=O)[O-])cc2)n1. The third-order valence-electron chi connectivity index (χ3n) is 3.18. The molecule has 0 unspecified atom stereocenters. The van der Waals surface area contributed by atoms with Crippen LogP contribution in [0.3, 0.4) is 0 Å². The highest BCUT2D eigenvalue weighted by Crippen LogP contribution is 2.25. The van der Waals surface area contributed by atoms with Gasteiger partial charge in [-0.05, 0) is 43.3 Å². The maximum Gasteiger partial charge on any atom is 0.311 e. The molecule has 3 rings (SSSR count). The molecule has 114 valence electrons. The highest BCUT2D eigenvalue weighted by molar-refractivity contribution is 5.67. The van der Waals surface area contributed by atoms with E-state index in [-0.39, 0.29) is 11.5 Å². The molecule has 3 aromatic rings. The number of hydrogen-bond donors (Lipinski definition) is 1. The molecule has 7 nitrogen and oxygen atoms in total. The lowest BCUT2D eigenvalue weighted by molar-refractivity contribution is -0.384. The second kappa shape index (κ2) is 6.18. The fourth-order valence-corrected chi connectivity index (χ4v) is 2.07. The molecule has 1 aromatic carbocycles. The number of nitrogens with one attached hydrogen (secondary N) is 1. The molecule has 0 saturated heterocycles. The summed E-state index contributed by atoms with van der Waals surface area (Å²) in [7, 11) is 0. The minimum absolute atomic E-state index is 0.0707. The van der Waals surface area contributed by atoms with Crippen LogP contribution in [-0.4, -0.2) is 19.9 Å². The summed E-state index contributed by atoms with van der Waals surface area (Å²) in [4.78, 5) is 23.1. The molecule has 0 bridgehead atoms. The summed E-state index contributed by atoms with van der Waals surface area (Å²) in [5.41, 5.74) is 2.39.